The third-order valence-corrected chi connectivity index (χ3v) is 3.27. The van der Waals surface area contributed by atoms with E-state index in [1.165, 1.54) is 25.9 Å². The first-order valence-corrected chi connectivity index (χ1v) is 5.77. The fraction of sp³-hybridized carbons (Fsp3) is 1.00. The van der Waals surface area contributed by atoms with Crippen molar-refractivity contribution in [2.75, 3.05) is 33.7 Å². The lowest BCUT2D eigenvalue weighted by Crippen LogP contribution is -2.48. The van der Waals surface area contributed by atoms with Crippen molar-refractivity contribution in [1.29, 1.82) is 0 Å². The molecule has 0 aromatic rings. The highest BCUT2D eigenvalue weighted by atomic mass is 15.2. The topological polar surface area (TPSA) is 32.5 Å². The van der Waals surface area contributed by atoms with Crippen molar-refractivity contribution >= 4 is 0 Å². The Morgan fingerprint density at radius 1 is 1.57 bits per heavy atom. The van der Waals surface area contributed by atoms with E-state index in [0.717, 1.165) is 13.0 Å². The lowest BCUT2D eigenvalue weighted by Gasteiger charge is -2.36. The number of nitrogens with two attached hydrogens (primary N) is 1. The van der Waals surface area contributed by atoms with E-state index in [1.54, 1.807) is 0 Å². The first-order chi connectivity index (χ1) is 6.63. The van der Waals surface area contributed by atoms with Crippen LogP contribution in [0.4, 0.5) is 0 Å². The van der Waals surface area contributed by atoms with Crippen LogP contribution in [-0.2, 0) is 0 Å². The second kappa shape index (κ2) is 5.69. The van der Waals surface area contributed by atoms with Gasteiger partial charge in [0, 0.05) is 25.2 Å². The summed E-state index contributed by atoms with van der Waals surface area (Å²) < 4.78 is 0. The maximum absolute atomic E-state index is 5.96. The van der Waals surface area contributed by atoms with Crippen LogP contribution in [0.5, 0.6) is 0 Å². The Bertz CT molecular complexity index is 161. The molecule has 1 rings (SSSR count). The molecule has 1 aliphatic heterocycles. The van der Waals surface area contributed by atoms with E-state index in [2.05, 4.69) is 30.8 Å². The van der Waals surface area contributed by atoms with Crippen LogP contribution < -0.4 is 5.73 Å². The highest BCUT2D eigenvalue weighted by Gasteiger charge is 2.21. The van der Waals surface area contributed by atoms with E-state index in [0.29, 0.717) is 12.1 Å². The molecule has 14 heavy (non-hydrogen) atoms. The molecule has 2 unspecified atom stereocenters. The van der Waals surface area contributed by atoms with Gasteiger partial charge in [0.1, 0.15) is 0 Å². The molecule has 1 fully saturated rings. The largest absolute Gasteiger partial charge is 0.327 e. The Morgan fingerprint density at radius 3 is 2.86 bits per heavy atom. The van der Waals surface area contributed by atoms with Crippen LogP contribution >= 0.6 is 0 Å². The van der Waals surface area contributed by atoms with E-state index in [1.807, 2.05) is 0 Å². The summed E-state index contributed by atoms with van der Waals surface area (Å²) in [6.07, 6.45) is 3.73. The highest BCUT2D eigenvalue weighted by molar-refractivity contribution is 4.79. The number of likely N-dealkylation sites (tertiary alicyclic amines) is 1. The molecule has 3 heteroatoms. The van der Waals surface area contributed by atoms with Crippen molar-refractivity contribution in [3.05, 3.63) is 0 Å². The number of rotatable bonds is 4. The van der Waals surface area contributed by atoms with Crippen LogP contribution in [0.3, 0.4) is 0 Å². The van der Waals surface area contributed by atoms with Crippen molar-refractivity contribution in [3.8, 4) is 0 Å². The lowest BCUT2D eigenvalue weighted by atomic mass is 10.0. The predicted molar refractivity (Wildman–Crippen MR) is 61.4 cm³/mol. The summed E-state index contributed by atoms with van der Waals surface area (Å²) in [5.41, 5.74) is 5.96. The summed E-state index contributed by atoms with van der Waals surface area (Å²) >= 11 is 0. The molecule has 0 aliphatic carbocycles. The molecule has 1 heterocycles. The van der Waals surface area contributed by atoms with Gasteiger partial charge in [0.05, 0.1) is 0 Å². The van der Waals surface area contributed by atoms with Gasteiger partial charge in [-0.3, -0.25) is 0 Å². The Morgan fingerprint density at radius 2 is 2.29 bits per heavy atom. The van der Waals surface area contributed by atoms with Gasteiger partial charge in [0.2, 0.25) is 0 Å². The average molecular weight is 199 g/mol. The molecule has 0 radical (unpaired) electrons. The molecule has 84 valence electrons. The number of hydrogen-bond donors (Lipinski definition) is 1. The molecule has 0 aromatic heterocycles. The van der Waals surface area contributed by atoms with Crippen LogP contribution in [0.15, 0.2) is 0 Å². The van der Waals surface area contributed by atoms with Crippen LogP contribution in [0.25, 0.3) is 0 Å². The monoisotopic (exact) mass is 199 g/mol. The van der Waals surface area contributed by atoms with E-state index in [4.69, 9.17) is 5.73 Å². The molecule has 1 aliphatic rings. The molecule has 0 amide bonds. The molecular formula is C11H25N3. The zero-order valence-electron chi connectivity index (χ0n) is 9.87. The van der Waals surface area contributed by atoms with Gasteiger partial charge in [-0.2, -0.15) is 0 Å². The smallest absolute Gasteiger partial charge is 0.0221 e. The lowest BCUT2D eigenvalue weighted by molar-refractivity contribution is 0.129. The number of nitrogens with zero attached hydrogens (tertiary/aromatic N) is 2. The SMILES string of the molecule is CCC(N)CN(C)C1CCCN(C)C1. The second-order valence-corrected chi connectivity index (χ2v) is 4.67. The van der Waals surface area contributed by atoms with E-state index >= 15 is 0 Å². The van der Waals surface area contributed by atoms with Crippen molar-refractivity contribution in [3.63, 3.8) is 0 Å². The molecule has 0 saturated carbocycles. The fourth-order valence-electron chi connectivity index (χ4n) is 2.15. The van der Waals surface area contributed by atoms with Gasteiger partial charge in [-0.25, -0.2) is 0 Å². The van der Waals surface area contributed by atoms with Gasteiger partial charge < -0.3 is 15.5 Å². The molecule has 0 spiro atoms. The number of likely N-dealkylation sites (N-methyl/N-ethyl adjacent to an activating group) is 2. The predicted octanol–water partition coefficient (Wildman–Crippen LogP) is 0.750. The second-order valence-electron chi connectivity index (χ2n) is 4.67. The summed E-state index contributed by atoms with van der Waals surface area (Å²) in [6, 6.07) is 1.05. The number of hydrogen-bond acceptors (Lipinski definition) is 3. The molecule has 0 aromatic carbocycles. The maximum atomic E-state index is 5.96. The van der Waals surface area contributed by atoms with Gasteiger partial charge >= 0.3 is 0 Å². The molecule has 3 nitrogen and oxygen atoms in total. The van der Waals surface area contributed by atoms with Crippen molar-refractivity contribution in [1.82, 2.24) is 9.80 Å². The van der Waals surface area contributed by atoms with Crippen LogP contribution in [0.1, 0.15) is 26.2 Å². The minimum atomic E-state index is 0.340. The Labute approximate surface area is 88.2 Å². The molecule has 1 saturated heterocycles. The van der Waals surface area contributed by atoms with Gasteiger partial charge in [0.25, 0.3) is 0 Å². The van der Waals surface area contributed by atoms with E-state index in [9.17, 15) is 0 Å². The first-order valence-electron chi connectivity index (χ1n) is 5.77. The molecule has 2 atom stereocenters. The Hall–Kier alpha value is -0.120. The first kappa shape index (κ1) is 12.0. The van der Waals surface area contributed by atoms with E-state index < -0.39 is 0 Å². The molecule has 0 bridgehead atoms. The minimum Gasteiger partial charge on any atom is -0.327 e. The highest BCUT2D eigenvalue weighted by Crippen LogP contribution is 2.13. The number of piperidine rings is 1. The normalized spacial score (nSPS) is 26.8. The summed E-state index contributed by atoms with van der Waals surface area (Å²) in [5.74, 6) is 0. The maximum Gasteiger partial charge on any atom is 0.0221 e. The Kier molecular flexibility index (Phi) is 4.85. The average Bonchev–Trinajstić information content (AvgIpc) is 2.17. The Balaban J connectivity index is 2.31. The van der Waals surface area contributed by atoms with Gasteiger partial charge in [0.15, 0.2) is 0 Å². The standard InChI is InChI=1S/C11H25N3/c1-4-10(12)8-14(3)11-6-5-7-13(2)9-11/h10-11H,4-9,12H2,1-3H3. The molecule has 2 N–H and O–H groups in total. The zero-order chi connectivity index (χ0) is 10.6. The van der Waals surface area contributed by atoms with Crippen molar-refractivity contribution in [2.45, 2.75) is 38.3 Å². The summed E-state index contributed by atoms with van der Waals surface area (Å²) in [6.45, 7) is 5.65. The third-order valence-electron chi connectivity index (χ3n) is 3.27. The van der Waals surface area contributed by atoms with E-state index in [-0.39, 0.29) is 0 Å². The van der Waals surface area contributed by atoms with Crippen LogP contribution in [0.2, 0.25) is 0 Å². The summed E-state index contributed by atoms with van der Waals surface area (Å²) in [7, 11) is 4.42. The third kappa shape index (κ3) is 3.56. The van der Waals surface area contributed by atoms with Gasteiger partial charge in [-0.1, -0.05) is 6.92 Å². The van der Waals surface area contributed by atoms with Crippen LogP contribution in [0, 0.1) is 0 Å². The zero-order valence-corrected chi connectivity index (χ0v) is 9.87. The summed E-state index contributed by atoms with van der Waals surface area (Å²) in [4.78, 5) is 4.85. The minimum absolute atomic E-state index is 0.340. The summed E-state index contributed by atoms with van der Waals surface area (Å²) in [5, 5.41) is 0. The van der Waals surface area contributed by atoms with Crippen molar-refractivity contribution in [2.24, 2.45) is 5.73 Å². The quantitative estimate of drug-likeness (QED) is 0.725. The van der Waals surface area contributed by atoms with Gasteiger partial charge in [-0.05, 0) is 39.9 Å². The van der Waals surface area contributed by atoms with Crippen LogP contribution in [-0.4, -0.2) is 55.6 Å². The molecular weight excluding hydrogens is 174 g/mol. The fourth-order valence-corrected chi connectivity index (χ4v) is 2.15. The van der Waals surface area contributed by atoms with Gasteiger partial charge in [-0.15, -0.1) is 0 Å². The van der Waals surface area contributed by atoms with Crippen molar-refractivity contribution < 1.29 is 0 Å².